The molecular weight excluding hydrogens is 350 g/mol. The predicted molar refractivity (Wildman–Crippen MR) is 111 cm³/mol. The molecule has 0 aliphatic heterocycles. The fourth-order valence-electron chi connectivity index (χ4n) is 3.02. The normalized spacial score (nSPS) is 10.8. The molecule has 1 amide bonds. The van der Waals surface area contributed by atoms with Crippen LogP contribution in [-0.2, 0) is 6.42 Å². The van der Waals surface area contributed by atoms with Gasteiger partial charge in [-0.1, -0.05) is 37.3 Å². The molecule has 0 unspecified atom stereocenters. The van der Waals surface area contributed by atoms with Crippen molar-refractivity contribution in [3.05, 3.63) is 83.7 Å². The molecule has 2 aromatic carbocycles. The molecule has 0 bridgehead atoms. The fourth-order valence-corrected chi connectivity index (χ4v) is 3.02. The number of amides is 1. The van der Waals surface area contributed by atoms with E-state index in [0.717, 1.165) is 29.3 Å². The van der Waals surface area contributed by atoms with Crippen molar-refractivity contribution in [1.29, 1.82) is 0 Å². The largest absolute Gasteiger partial charge is 0.340 e. The molecule has 140 valence electrons. The summed E-state index contributed by atoms with van der Waals surface area (Å²) in [5, 5.41) is 10.6. The Kier molecular flexibility index (Phi) is 4.76. The average molecular weight is 371 g/mol. The summed E-state index contributed by atoms with van der Waals surface area (Å²) in [7, 11) is 0. The number of carbonyl (C=O) groups excluding carboxylic acids is 1. The quantitative estimate of drug-likeness (QED) is 0.538. The van der Waals surface area contributed by atoms with Gasteiger partial charge >= 0.3 is 0 Å². The molecule has 6 nitrogen and oxygen atoms in total. The minimum atomic E-state index is -0.233. The van der Waals surface area contributed by atoms with E-state index in [1.54, 1.807) is 10.7 Å². The molecular formula is C22H21N5O. The second kappa shape index (κ2) is 7.52. The molecule has 4 rings (SSSR count). The highest BCUT2D eigenvalue weighted by Crippen LogP contribution is 2.21. The third-order valence-corrected chi connectivity index (χ3v) is 4.51. The Morgan fingerprint density at radius 1 is 1.04 bits per heavy atom. The lowest BCUT2D eigenvalue weighted by atomic mass is 10.1. The first-order valence-electron chi connectivity index (χ1n) is 9.22. The van der Waals surface area contributed by atoms with E-state index in [2.05, 4.69) is 27.6 Å². The average Bonchev–Trinajstić information content (AvgIpc) is 3.13. The van der Waals surface area contributed by atoms with Crippen molar-refractivity contribution in [2.45, 2.75) is 20.3 Å². The molecule has 4 aromatic rings. The third-order valence-electron chi connectivity index (χ3n) is 4.51. The maximum Gasteiger partial charge on any atom is 0.261 e. The van der Waals surface area contributed by atoms with E-state index in [4.69, 9.17) is 0 Å². The fraction of sp³-hybridized carbons (Fsp3) is 0.136. The van der Waals surface area contributed by atoms with Crippen LogP contribution in [-0.4, -0.2) is 20.5 Å². The molecule has 2 heterocycles. The van der Waals surface area contributed by atoms with Gasteiger partial charge in [-0.3, -0.25) is 4.79 Å². The SMILES string of the molecule is CCc1ccc(NC(=O)c2cnn3c(Nc4ccccc4)cc(C)nc23)cc1. The number of para-hydroxylation sites is 1. The Morgan fingerprint density at radius 3 is 2.50 bits per heavy atom. The number of aryl methyl sites for hydroxylation is 2. The highest BCUT2D eigenvalue weighted by molar-refractivity contribution is 6.08. The highest BCUT2D eigenvalue weighted by Gasteiger charge is 2.17. The van der Waals surface area contributed by atoms with E-state index in [-0.39, 0.29) is 5.91 Å². The van der Waals surface area contributed by atoms with E-state index < -0.39 is 0 Å². The van der Waals surface area contributed by atoms with Gasteiger partial charge in [0, 0.05) is 23.1 Å². The molecule has 0 fully saturated rings. The lowest BCUT2D eigenvalue weighted by Gasteiger charge is -2.10. The van der Waals surface area contributed by atoms with Crippen molar-refractivity contribution in [3.63, 3.8) is 0 Å². The summed E-state index contributed by atoms with van der Waals surface area (Å²) in [6.07, 6.45) is 2.51. The van der Waals surface area contributed by atoms with Crippen LogP contribution in [0.5, 0.6) is 0 Å². The smallest absolute Gasteiger partial charge is 0.261 e. The van der Waals surface area contributed by atoms with E-state index in [1.807, 2.05) is 67.6 Å². The van der Waals surface area contributed by atoms with Gasteiger partial charge in [-0.15, -0.1) is 0 Å². The first kappa shape index (κ1) is 17.7. The minimum absolute atomic E-state index is 0.233. The number of benzene rings is 2. The maximum absolute atomic E-state index is 12.8. The van der Waals surface area contributed by atoms with Crippen molar-refractivity contribution in [2.75, 3.05) is 10.6 Å². The van der Waals surface area contributed by atoms with Crippen LogP contribution in [0.4, 0.5) is 17.2 Å². The number of nitrogens with zero attached hydrogens (tertiary/aromatic N) is 3. The molecule has 2 N–H and O–H groups in total. The number of hydrogen-bond acceptors (Lipinski definition) is 4. The van der Waals surface area contributed by atoms with E-state index >= 15 is 0 Å². The van der Waals surface area contributed by atoms with Crippen molar-refractivity contribution >= 4 is 28.7 Å². The molecule has 0 radical (unpaired) electrons. The predicted octanol–water partition coefficient (Wildman–Crippen LogP) is 4.60. The summed E-state index contributed by atoms with van der Waals surface area (Å²) >= 11 is 0. The van der Waals surface area contributed by atoms with Crippen LogP contribution in [0.2, 0.25) is 0 Å². The van der Waals surface area contributed by atoms with Gasteiger partial charge in [0.05, 0.1) is 6.20 Å². The lowest BCUT2D eigenvalue weighted by Crippen LogP contribution is -2.12. The first-order valence-corrected chi connectivity index (χ1v) is 9.22. The Hall–Kier alpha value is -3.67. The Bertz CT molecular complexity index is 1120. The summed E-state index contributed by atoms with van der Waals surface area (Å²) in [6.45, 7) is 4.00. The second-order valence-corrected chi connectivity index (χ2v) is 6.57. The van der Waals surface area contributed by atoms with Crippen LogP contribution in [0.1, 0.15) is 28.5 Å². The Labute approximate surface area is 163 Å². The van der Waals surface area contributed by atoms with Gasteiger partial charge in [-0.25, -0.2) is 4.98 Å². The molecule has 0 saturated carbocycles. The van der Waals surface area contributed by atoms with Crippen LogP contribution >= 0.6 is 0 Å². The van der Waals surface area contributed by atoms with Crippen LogP contribution in [0.3, 0.4) is 0 Å². The topological polar surface area (TPSA) is 71.3 Å². The number of nitrogens with one attached hydrogen (secondary N) is 2. The van der Waals surface area contributed by atoms with Crippen LogP contribution in [0.15, 0.2) is 66.9 Å². The van der Waals surface area contributed by atoms with Crippen molar-refractivity contribution in [3.8, 4) is 0 Å². The van der Waals surface area contributed by atoms with E-state index in [9.17, 15) is 4.79 Å². The summed E-state index contributed by atoms with van der Waals surface area (Å²) in [4.78, 5) is 17.3. The first-order chi connectivity index (χ1) is 13.6. The van der Waals surface area contributed by atoms with E-state index in [0.29, 0.717) is 11.2 Å². The van der Waals surface area contributed by atoms with Crippen molar-refractivity contribution in [1.82, 2.24) is 14.6 Å². The van der Waals surface area contributed by atoms with Crippen LogP contribution in [0, 0.1) is 6.92 Å². The zero-order chi connectivity index (χ0) is 19.5. The zero-order valence-electron chi connectivity index (χ0n) is 15.8. The molecule has 28 heavy (non-hydrogen) atoms. The van der Waals surface area contributed by atoms with Gasteiger partial charge in [0.2, 0.25) is 0 Å². The standard InChI is InChI=1S/C22H21N5O/c1-3-16-9-11-18(12-10-16)26-22(28)19-14-23-27-20(13-15(2)24-21(19)27)25-17-7-5-4-6-8-17/h4-14,25H,3H2,1-2H3,(H,26,28). The monoisotopic (exact) mass is 371 g/mol. The van der Waals surface area contributed by atoms with Crippen LogP contribution in [0.25, 0.3) is 5.65 Å². The summed E-state index contributed by atoms with van der Waals surface area (Å²) in [5.74, 6) is 0.517. The van der Waals surface area contributed by atoms with Crippen molar-refractivity contribution < 1.29 is 4.79 Å². The molecule has 0 aliphatic rings. The molecule has 0 saturated heterocycles. The molecule has 0 atom stereocenters. The summed E-state index contributed by atoms with van der Waals surface area (Å²) in [6, 6.07) is 19.6. The summed E-state index contributed by atoms with van der Waals surface area (Å²) in [5.41, 5.74) is 4.65. The molecule has 0 aliphatic carbocycles. The van der Waals surface area contributed by atoms with Gasteiger partial charge in [0.15, 0.2) is 5.65 Å². The second-order valence-electron chi connectivity index (χ2n) is 6.57. The summed E-state index contributed by atoms with van der Waals surface area (Å²) < 4.78 is 1.65. The maximum atomic E-state index is 12.8. The lowest BCUT2D eigenvalue weighted by molar-refractivity contribution is 0.102. The van der Waals surface area contributed by atoms with Crippen LogP contribution < -0.4 is 10.6 Å². The van der Waals surface area contributed by atoms with Gasteiger partial charge in [-0.2, -0.15) is 9.61 Å². The Balaban J connectivity index is 1.65. The Morgan fingerprint density at radius 2 is 1.79 bits per heavy atom. The van der Waals surface area contributed by atoms with Gasteiger partial charge in [0.1, 0.15) is 11.4 Å². The third kappa shape index (κ3) is 3.57. The number of carbonyl (C=O) groups is 1. The molecule has 2 aromatic heterocycles. The van der Waals surface area contributed by atoms with Gasteiger partial charge < -0.3 is 10.6 Å². The zero-order valence-corrected chi connectivity index (χ0v) is 15.8. The number of hydrogen-bond donors (Lipinski definition) is 2. The minimum Gasteiger partial charge on any atom is -0.340 e. The molecule has 0 spiro atoms. The number of aromatic nitrogens is 3. The molecule has 6 heteroatoms. The van der Waals surface area contributed by atoms with Gasteiger partial charge in [0.25, 0.3) is 5.91 Å². The number of fused-ring (bicyclic) bond motifs is 1. The van der Waals surface area contributed by atoms with Gasteiger partial charge in [-0.05, 0) is 43.2 Å². The van der Waals surface area contributed by atoms with E-state index in [1.165, 1.54) is 5.56 Å². The van der Waals surface area contributed by atoms with Crippen molar-refractivity contribution in [2.24, 2.45) is 0 Å². The highest BCUT2D eigenvalue weighted by atomic mass is 16.1. The number of anilines is 3. The number of rotatable bonds is 5.